The number of halogens is 1. The number of nitrogens with zero attached hydrogens (tertiary/aromatic N) is 3. The van der Waals surface area contributed by atoms with Crippen LogP contribution in [0.2, 0.25) is 0 Å². The first-order chi connectivity index (χ1) is 12.6. The second kappa shape index (κ2) is 6.99. The summed E-state index contributed by atoms with van der Waals surface area (Å²) in [5.74, 6) is 0. The number of hydrogen-bond donors (Lipinski definition) is 0. The van der Waals surface area contributed by atoms with Crippen molar-refractivity contribution >= 4 is 16.1 Å². The van der Waals surface area contributed by atoms with Gasteiger partial charge in [0, 0.05) is 25.7 Å². The van der Waals surface area contributed by atoms with E-state index in [9.17, 15) is 13.2 Å². The molecule has 0 saturated carbocycles. The van der Waals surface area contributed by atoms with Gasteiger partial charge in [0.15, 0.2) is 16.9 Å². The molecular weight excluding hydrogens is 377 g/mol. The average Bonchev–Trinajstić information content (AvgIpc) is 3.02. The van der Waals surface area contributed by atoms with Crippen molar-refractivity contribution < 1.29 is 27.1 Å². The van der Waals surface area contributed by atoms with E-state index in [-0.39, 0.29) is 37.7 Å². The summed E-state index contributed by atoms with van der Waals surface area (Å²) in [5.41, 5.74) is -2.33. The van der Waals surface area contributed by atoms with Crippen molar-refractivity contribution in [3.63, 3.8) is 0 Å². The summed E-state index contributed by atoms with van der Waals surface area (Å²) in [5, 5.41) is -0.156. The Bertz CT molecular complexity index is 799. The molecule has 0 aliphatic carbocycles. The lowest BCUT2D eigenvalue weighted by molar-refractivity contribution is -0.139. The van der Waals surface area contributed by atoms with Gasteiger partial charge in [-0.05, 0) is 32.9 Å². The Morgan fingerprint density at radius 3 is 2.70 bits per heavy atom. The number of ether oxygens (including phenoxy) is 2. The summed E-state index contributed by atoms with van der Waals surface area (Å²) in [6.07, 6.45) is -0.953. The first-order valence-corrected chi connectivity index (χ1v) is 10.2. The lowest BCUT2D eigenvalue weighted by atomic mass is 9.99. The van der Waals surface area contributed by atoms with Gasteiger partial charge < -0.3 is 14.4 Å². The number of carbonyl (C=O) groups is 1. The summed E-state index contributed by atoms with van der Waals surface area (Å²) in [7, 11) is -4.02. The topological polar surface area (TPSA) is 89.0 Å². The van der Waals surface area contributed by atoms with Crippen molar-refractivity contribution in [3.05, 3.63) is 24.4 Å². The Morgan fingerprint density at radius 2 is 2.11 bits per heavy atom. The van der Waals surface area contributed by atoms with Gasteiger partial charge in [-0.1, -0.05) is 6.07 Å². The van der Waals surface area contributed by atoms with Crippen molar-refractivity contribution in [3.8, 4) is 0 Å². The number of alkyl halides is 1. The number of carbonyl (C=O) groups excluding carboxylic acids is 1. The van der Waals surface area contributed by atoms with Crippen molar-refractivity contribution in [1.29, 1.82) is 0 Å². The highest BCUT2D eigenvalue weighted by Crippen LogP contribution is 2.39. The Hall–Kier alpha value is -1.78. The van der Waals surface area contributed by atoms with Gasteiger partial charge >= 0.3 is 6.09 Å². The summed E-state index contributed by atoms with van der Waals surface area (Å²) in [4.78, 5) is 17.4. The van der Waals surface area contributed by atoms with Crippen molar-refractivity contribution in [2.45, 2.75) is 49.7 Å². The molecule has 0 aromatic carbocycles. The third-order valence-electron chi connectivity index (χ3n) is 4.52. The first-order valence-electron chi connectivity index (χ1n) is 8.76. The quantitative estimate of drug-likeness (QED) is 0.751. The number of aromatic nitrogens is 1. The van der Waals surface area contributed by atoms with Gasteiger partial charge in [0.1, 0.15) is 5.60 Å². The first kappa shape index (κ1) is 20.0. The van der Waals surface area contributed by atoms with Gasteiger partial charge in [0.2, 0.25) is 0 Å². The van der Waals surface area contributed by atoms with Crippen molar-refractivity contribution in [2.75, 3.05) is 26.2 Å². The molecule has 8 nitrogen and oxygen atoms in total. The van der Waals surface area contributed by atoms with Gasteiger partial charge in [-0.15, -0.1) is 0 Å². The van der Waals surface area contributed by atoms with Crippen molar-refractivity contribution in [1.82, 2.24) is 14.2 Å². The zero-order valence-electron chi connectivity index (χ0n) is 15.6. The molecule has 1 spiro atoms. The zero-order chi connectivity index (χ0) is 19.9. The van der Waals surface area contributed by atoms with E-state index in [4.69, 9.17) is 9.47 Å². The van der Waals surface area contributed by atoms with Crippen LogP contribution in [0.15, 0.2) is 29.4 Å². The second-order valence-corrected chi connectivity index (χ2v) is 9.39. The number of sulfonamides is 1. The fourth-order valence-electron chi connectivity index (χ4n) is 3.32. The predicted molar refractivity (Wildman–Crippen MR) is 94.1 cm³/mol. The summed E-state index contributed by atoms with van der Waals surface area (Å²) >= 11 is 0. The van der Waals surface area contributed by atoms with E-state index in [1.807, 2.05) is 0 Å². The number of amides is 1. The van der Waals surface area contributed by atoms with Crippen LogP contribution in [0.4, 0.5) is 9.18 Å². The lowest BCUT2D eigenvalue weighted by Crippen LogP contribution is -2.63. The summed E-state index contributed by atoms with van der Waals surface area (Å²) < 4.78 is 53.0. The molecule has 27 heavy (non-hydrogen) atoms. The molecule has 10 heteroatoms. The second-order valence-electron chi connectivity index (χ2n) is 7.58. The maximum absolute atomic E-state index is 15.2. The Balaban J connectivity index is 1.81. The van der Waals surface area contributed by atoms with Gasteiger partial charge in [-0.3, -0.25) is 0 Å². The van der Waals surface area contributed by atoms with E-state index in [1.54, 1.807) is 32.9 Å². The normalized spacial score (nSPS) is 27.1. The standard InChI is InChI=1S/C17H24FN3O5S/c1-16(2,3)26-15(22)20-9-7-17(13(18)12-20)21(10-11-25-17)27(23,24)14-6-4-5-8-19-14/h4-6,8,13H,7,9-12H2,1-3H3. The highest BCUT2D eigenvalue weighted by Gasteiger charge is 2.57. The molecule has 0 radical (unpaired) electrons. The molecule has 1 amide bonds. The SMILES string of the molecule is CC(C)(C)OC(=O)N1CCC2(OCCN2S(=O)(=O)c2ccccn2)C(F)C1. The molecule has 1 aromatic heterocycles. The number of rotatable bonds is 2. The van der Waals surface area contributed by atoms with E-state index >= 15 is 4.39 Å². The molecule has 2 fully saturated rings. The maximum atomic E-state index is 15.2. The average molecular weight is 401 g/mol. The molecule has 2 aliphatic rings. The minimum atomic E-state index is -4.02. The number of hydrogen-bond acceptors (Lipinski definition) is 6. The van der Waals surface area contributed by atoms with Crippen LogP contribution >= 0.6 is 0 Å². The van der Waals surface area contributed by atoms with Crippen LogP contribution < -0.4 is 0 Å². The van der Waals surface area contributed by atoms with Crippen molar-refractivity contribution in [2.24, 2.45) is 0 Å². The van der Waals surface area contributed by atoms with E-state index in [0.717, 1.165) is 4.31 Å². The van der Waals surface area contributed by atoms with Gasteiger partial charge in [-0.25, -0.2) is 22.6 Å². The van der Waals surface area contributed by atoms with Crippen LogP contribution in [0.25, 0.3) is 0 Å². The van der Waals surface area contributed by atoms with Crippen LogP contribution in [0.5, 0.6) is 0 Å². The highest BCUT2D eigenvalue weighted by molar-refractivity contribution is 7.89. The van der Waals surface area contributed by atoms with Crippen LogP contribution in [-0.2, 0) is 19.5 Å². The summed E-state index contributed by atoms with van der Waals surface area (Å²) in [6, 6.07) is 4.53. The zero-order valence-corrected chi connectivity index (χ0v) is 16.4. The highest BCUT2D eigenvalue weighted by atomic mass is 32.2. The smallest absolute Gasteiger partial charge is 0.410 e. The Kier molecular flexibility index (Phi) is 5.17. The monoisotopic (exact) mass is 401 g/mol. The molecule has 2 saturated heterocycles. The lowest BCUT2D eigenvalue weighted by Gasteiger charge is -2.44. The summed E-state index contributed by atoms with van der Waals surface area (Å²) in [6.45, 7) is 5.12. The molecular formula is C17H24FN3O5S. The van der Waals surface area contributed by atoms with Crippen LogP contribution in [0, 0.1) is 0 Å². The largest absolute Gasteiger partial charge is 0.444 e. The minimum Gasteiger partial charge on any atom is -0.444 e. The number of piperidine rings is 1. The van der Waals surface area contributed by atoms with Crippen LogP contribution in [0.1, 0.15) is 27.2 Å². The Labute approximate surface area is 158 Å². The molecule has 2 atom stereocenters. The molecule has 3 rings (SSSR count). The maximum Gasteiger partial charge on any atom is 0.410 e. The number of pyridine rings is 1. The molecule has 3 heterocycles. The van der Waals surface area contributed by atoms with E-state index in [2.05, 4.69) is 4.98 Å². The molecule has 2 aliphatic heterocycles. The molecule has 150 valence electrons. The number of likely N-dealkylation sites (tertiary alicyclic amines) is 1. The molecule has 0 N–H and O–H groups in total. The van der Waals surface area contributed by atoms with Gasteiger partial charge in [0.25, 0.3) is 10.0 Å². The third kappa shape index (κ3) is 3.78. The Morgan fingerprint density at radius 1 is 1.37 bits per heavy atom. The fraction of sp³-hybridized carbons (Fsp3) is 0.647. The van der Waals surface area contributed by atoms with E-state index in [0.29, 0.717) is 0 Å². The minimum absolute atomic E-state index is 0.0134. The third-order valence-corrected chi connectivity index (χ3v) is 6.36. The predicted octanol–water partition coefficient (Wildman–Crippen LogP) is 1.78. The fourth-order valence-corrected chi connectivity index (χ4v) is 4.97. The van der Waals surface area contributed by atoms with E-state index in [1.165, 1.54) is 17.2 Å². The molecule has 2 unspecified atom stereocenters. The van der Waals surface area contributed by atoms with Gasteiger partial charge in [-0.2, -0.15) is 4.31 Å². The van der Waals surface area contributed by atoms with Crippen LogP contribution in [-0.4, -0.2) is 72.4 Å². The molecule has 1 aromatic rings. The van der Waals surface area contributed by atoms with E-state index < -0.39 is 33.6 Å². The molecule has 0 bridgehead atoms. The van der Waals surface area contributed by atoms with Gasteiger partial charge in [0.05, 0.1) is 13.2 Å². The van der Waals surface area contributed by atoms with Crippen LogP contribution in [0.3, 0.4) is 0 Å².